The van der Waals surface area contributed by atoms with E-state index in [1.807, 2.05) is 11.9 Å². The minimum atomic E-state index is 0.226. The Morgan fingerprint density at radius 2 is 1.90 bits per heavy atom. The van der Waals surface area contributed by atoms with E-state index in [9.17, 15) is 4.79 Å². The highest BCUT2D eigenvalue weighted by atomic mass is 16.2. The third kappa shape index (κ3) is 6.32. The van der Waals surface area contributed by atoms with Gasteiger partial charge in [0.15, 0.2) is 0 Å². The fraction of sp³-hybridized carbons (Fsp3) is 0.938. The lowest BCUT2D eigenvalue weighted by Crippen LogP contribution is -2.45. The van der Waals surface area contributed by atoms with Crippen molar-refractivity contribution in [1.82, 2.24) is 14.7 Å². The van der Waals surface area contributed by atoms with Crippen LogP contribution < -0.4 is 5.73 Å². The van der Waals surface area contributed by atoms with E-state index >= 15 is 0 Å². The molecule has 0 aromatic rings. The summed E-state index contributed by atoms with van der Waals surface area (Å²) in [6.07, 6.45) is 4.03. The molecule has 0 bridgehead atoms. The molecule has 1 aliphatic heterocycles. The lowest BCUT2D eigenvalue weighted by atomic mass is 10.0. The van der Waals surface area contributed by atoms with E-state index in [0.717, 1.165) is 19.5 Å². The van der Waals surface area contributed by atoms with Crippen LogP contribution in [0.4, 0.5) is 0 Å². The molecular weight excluding hydrogens is 264 g/mol. The van der Waals surface area contributed by atoms with Crippen LogP contribution in [0.3, 0.4) is 0 Å². The predicted molar refractivity (Wildman–Crippen MR) is 88.2 cm³/mol. The van der Waals surface area contributed by atoms with Gasteiger partial charge in [-0.2, -0.15) is 0 Å². The first-order chi connectivity index (χ1) is 9.97. The van der Waals surface area contributed by atoms with Crippen LogP contribution in [0.15, 0.2) is 0 Å². The summed E-state index contributed by atoms with van der Waals surface area (Å²) in [6, 6.07) is 0.664. The van der Waals surface area contributed by atoms with Gasteiger partial charge < -0.3 is 20.4 Å². The molecule has 1 atom stereocenters. The summed E-state index contributed by atoms with van der Waals surface area (Å²) < 4.78 is 0. The van der Waals surface area contributed by atoms with Crippen LogP contribution >= 0.6 is 0 Å². The van der Waals surface area contributed by atoms with Crippen molar-refractivity contribution in [2.45, 2.75) is 38.6 Å². The molecule has 1 heterocycles. The smallest absolute Gasteiger partial charge is 0.222 e. The van der Waals surface area contributed by atoms with Crippen molar-refractivity contribution in [2.75, 3.05) is 53.9 Å². The van der Waals surface area contributed by atoms with Crippen LogP contribution in [-0.2, 0) is 4.79 Å². The van der Waals surface area contributed by atoms with Crippen LogP contribution in [0.25, 0.3) is 0 Å². The monoisotopic (exact) mass is 298 g/mol. The number of carbonyl (C=O) groups excluding carboxylic acids is 1. The average Bonchev–Trinajstić information content (AvgIpc) is 2.50. The summed E-state index contributed by atoms with van der Waals surface area (Å²) >= 11 is 0. The summed E-state index contributed by atoms with van der Waals surface area (Å²) in [6.45, 7) is 6.82. The number of piperidine rings is 1. The molecule has 1 saturated heterocycles. The van der Waals surface area contributed by atoms with Crippen molar-refractivity contribution < 1.29 is 4.79 Å². The molecule has 1 amide bonds. The van der Waals surface area contributed by atoms with Gasteiger partial charge in [0, 0.05) is 32.6 Å². The molecule has 0 radical (unpaired) electrons. The number of rotatable bonds is 8. The molecule has 0 aliphatic carbocycles. The summed E-state index contributed by atoms with van der Waals surface area (Å²) in [7, 11) is 6.28. The van der Waals surface area contributed by atoms with Crippen molar-refractivity contribution in [3.63, 3.8) is 0 Å². The molecule has 0 spiro atoms. The van der Waals surface area contributed by atoms with Crippen molar-refractivity contribution in [1.29, 1.82) is 0 Å². The molecule has 0 aromatic heterocycles. The van der Waals surface area contributed by atoms with Gasteiger partial charge in [0.25, 0.3) is 0 Å². The molecule has 5 nitrogen and oxygen atoms in total. The van der Waals surface area contributed by atoms with Gasteiger partial charge in [-0.3, -0.25) is 4.79 Å². The van der Waals surface area contributed by atoms with Crippen molar-refractivity contribution in [3.05, 3.63) is 0 Å². The Morgan fingerprint density at radius 1 is 1.29 bits per heavy atom. The molecule has 1 aliphatic rings. The zero-order valence-electron chi connectivity index (χ0n) is 14.3. The maximum absolute atomic E-state index is 12.1. The van der Waals surface area contributed by atoms with Gasteiger partial charge in [-0.05, 0) is 52.5 Å². The predicted octanol–water partition coefficient (Wildman–Crippen LogP) is 0.846. The summed E-state index contributed by atoms with van der Waals surface area (Å²) in [4.78, 5) is 18.8. The second kappa shape index (κ2) is 9.38. The second-order valence-corrected chi connectivity index (χ2v) is 6.54. The SMILES string of the molecule is CCC(CN)CC(=O)N(C)CCN(C)C1CCN(C)CC1. The van der Waals surface area contributed by atoms with Crippen molar-refractivity contribution in [2.24, 2.45) is 11.7 Å². The van der Waals surface area contributed by atoms with Crippen LogP contribution in [0.1, 0.15) is 32.6 Å². The minimum Gasteiger partial charge on any atom is -0.344 e. The zero-order valence-corrected chi connectivity index (χ0v) is 14.3. The number of hydrogen-bond acceptors (Lipinski definition) is 4. The highest BCUT2D eigenvalue weighted by Gasteiger charge is 2.21. The molecule has 0 aromatic carbocycles. The number of amides is 1. The normalized spacial score (nSPS) is 19.0. The van der Waals surface area contributed by atoms with Crippen LogP contribution in [0, 0.1) is 5.92 Å². The highest BCUT2D eigenvalue weighted by Crippen LogP contribution is 2.14. The van der Waals surface area contributed by atoms with Gasteiger partial charge in [0.05, 0.1) is 0 Å². The Kier molecular flexibility index (Phi) is 8.22. The molecule has 0 saturated carbocycles. The van der Waals surface area contributed by atoms with Crippen LogP contribution in [0.2, 0.25) is 0 Å². The second-order valence-electron chi connectivity index (χ2n) is 6.54. The fourth-order valence-corrected chi connectivity index (χ4v) is 2.85. The largest absolute Gasteiger partial charge is 0.344 e. The van der Waals surface area contributed by atoms with Gasteiger partial charge in [-0.15, -0.1) is 0 Å². The molecule has 5 heteroatoms. The van der Waals surface area contributed by atoms with Crippen molar-refractivity contribution in [3.8, 4) is 0 Å². The highest BCUT2D eigenvalue weighted by molar-refractivity contribution is 5.76. The average molecular weight is 298 g/mol. The third-order valence-electron chi connectivity index (χ3n) is 4.90. The molecule has 124 valence electrons. The van der Waals surface area contributed by atoms with E-state index in [1.165, 1.54) is 25.9 Å². The maximum atomic E-state index is 12.1. The Bertz CT molecular complexity index is 299. The summed E-state index contributed by atoms with van der Waals surface area (Å²) in [5.41, 5.74) is 5.68. The van der Waals surface area contributed by atoms with Crippen LogP contribution in [-0.4, -0.2) is 80.5 Å². The number of likely N-dealkylation sites (N-methyl/N-ethyl adjacent to an activating group) is 2. The molecule has 1 rings (SSSR count). The Hall–Kier alpha value is -0.650. The third-order valence-corrected chi connectivity index (χ3v) is 4.90. The Labute approximate surface area is 130 Å². The quantitative estimate of drug-likeness (QED) is 0.722. The Balaban J connectivity index is 2.28. The molecule has 1 fully saturated rings. The molecular formula is C16H34N4O. The zero-order chi connectivity index (χ0) is 15.8. The number of carbonyl (C=O) groups is 1. The lowest BCUT2D eigenvalue weighted by molar-refractivity contribution is -0.131. The van der Waals surface area contributed by atoms with Gasteiger partial charge >= 0.3 is 0 Å². The van der Waals surface area contributed by atoms with E-state index in [1.54, 1.807) is 0 Å². The Morgan fingerprint density at radius 3 is 2.43 bits per heavy atom. The summed E-state index contributed by atoms with van der Waals surface area (Å²) in [5, 5.41) is 0. The number of nitrogens with zero attached hydrogens (tertiary/aromatic N) is 3. The van der Waals surface area contributed by atoms with E-state index in [-0.39, 0.29) is 5.91 Å². The first-order valence-electron chi connectivity index (χ1n) is 8.30. The van der Waals surface area contributed by atoms with Crippen LogP contribution in [0.5, 0.6) is 0 Å². The number of hydrogen-bond donors (Lipinski definition) is 1. The van der Waals surface area contributed by atoms with Crippen molar-refractivity contribution >= 4 is 5.91 Å². The minimum absolute atomic E-state index is 0.226. The number of nitrogens with two attached hydrogens (primary N) is 1. The fourth-order valence-electron chi connectivity index (χ4n) is 2.85. The van der Waals surface area contributed by atoms with E-state index < -0.39 is 0 Å². The maximum Gasteiger partial charge on any atom is 0.222 e. The number of likely N-dealkylation sites (tertiary alicyclic amines) is 1. The van der Waals surface area contributed by atoms with E-state index in [0.29, 0.717) is 24.9 Å². The molecule has 21 heavy (non-hydrogen) atoms. The van der Waals surface area contributed by atoms with Gasteiger partial charge in [-0.1, -0.05) is 13.3 Å². The van der Waals surface area contributed by atoms with E-state index in [4.69, 9.17) is 5.73 Å². The lowest BCUT2D eigenvalue weighted by Gasteiger charge is -2.35. The summed E-state index contributed by atoms with van der Waals surface area (Å²) in [5.74, 6) is 0.552. The van der Waals surface area contributed by atoms with E-state index in [2.05, 4.69) is 30.8 Å². The molecule has 1 unspecified atom stereocenters. The van der Waals surface area contributed by atoms with Gasteiger partial charge in [0.1, 0.15) is 0 Å². The first kappa shape index (κ1) is 18.4. The first-order valence-corrected chi connectivity index (χ1v) is 8.30. The van der Waals surface area contributed by atoms with Gasteiger partial charge in [-0.25, -0.2) is 0 Å². The standard InChI is InChI=1S/C16H34N4O/c1-5-14(13-17)12-16(21)20(4)11-10-19(3)15-6-8-18(2)9-7-15/h14-15H,5-13,17H2,1-4H3. The van der Waals surface area contributed by atoms with Gasteiger partial charge in [0.2, 0.25) is 5.91 Å². The molecule has 2 N–H and O–H groups in total. The topological polar surface area (TPSA) is 52.8 Å².